The van der Waals surface area contributed by atoms with E-state index in [1.807, 2.05) is 30.3 Å². The van der Waals surface area contributed by atoms with E-state index < -0.39 is 0 Å². The third-order valence-corrected chi connectivity index (χ3v) is 4.98. The van der Waals surface area contributed by atoms with Gasteiger partial charge >= 0.3 is 5.97 Å². The molecule has 0 radical (unpaired) electrons. The summed E-state index contributed by atoms with van der Waals surface area (Å²) in [6.07, 6.45) is 3.61. The van der Waals surface area contributed by atoms with Gasteiger partial charge in [-0.25, -0.2) is 4.79 Å². The number of carbonyl (C=O) groups excluding carboxylic acids is 1. The summed E-state index contributed by atoms with van der Waals surface area (Å²) in [7, 11) is 0. The Morgan fingerprint density at radius 1 is 1.07 bits per heavy atom. The Labute approximate surface area is 169 Å². The zero-order valence-corrected chi connectivity index (χ0v) is 16.5. The molecule has 0 aliphatic carbocycles. The molecule has 0 bridgehead atoms. The van der Waals surface area contributed by atoms with Crippen LogP contribution in [-0.2, 0) is 4.74 Å². The first-order chi connectivity index (χ1) is 14.2. The molecular weight excluding hydrogens is 362 g/mol. The molecule has 0 amide bonds. The van der Waals surface area contributed by atoms with E-state index in [1.165, 1.54) is 10.9 Å². The van der Waals surface area contributed by atoms with Crippen molar-refractivity contribution >= 4 is 22.6 Å². The molecule has 0 aliphatic rings. The SMILES string of the molecule is CCOC(=O)c1ccc(N[C@@H](c2ccncc2)c2c(C)[nH]c3ccccc23)cc1. The molecule has 2 heterocycles. The number of H-pyrrole nitrogens is 1. The predicted octanol–water partition coefficient (Wildman–Crippen LogP) is 5.25. The molecule has 0 unspecified atom stereocenters. The van der Waals surface area contributed by atoms with Crippen LogP contribution in [0.4, 0.5) is 5.69 Å². The van der Waals surface area contributed by atoms with Crippen molar-refractivity contribution in [2.24, 2.45) is 0 Å². The third kappa shape index (κ3) is 3.85. The van der Waals surface area contributed by atoms with Gasteiger partial charge in [-0.3, -0.25) is 4.98 Å². The van der Waals surface area contributed by atoms with Gasteiger partial charge in [-0.2, -0.15) is 0 Å². The number of carbonyl (C=O) groups is 1. The number of aromatic amines is 1. The van der Waals surface area contributed by atoms with E-state index in [0.717, 1.165) is 22.5 Å². The van der Waals surface area contributed by atoms with Crippen molar-refractivity contribution < 1.29 is 9.53 Å². The molecule has 5 heteroatoms. The van der Waals surface area contributed by atoms with Gasteiger partial charge in [0.05, 0.1) is 18.2 Å². The number of hydrogen-bond donors (Lipinski definition) is 2. The van der Waals surface area contributed by atoms with Crippen molar-refractivity contribution in [2.75, 3.05) is 11.9 Å². The highest BCUT2D eigenvalue weighted by molar-refractivity contribution is 5.90. The maximum absolute atomic E-state index is 11.9. The number of para-hydroxylation sites is 1. The molecule has 5 nitrogen and oxygen atoms in total. The fourth-order valence-electron chi connectivity index (χ4n) is 3.63. The highest BCUT2D eigenvalue weighted by Crippen LogP contribution is 2.34. The lowest BCUT2D eigenvalue weighted by Gasteiger charge is -2.21. The van der Waals surface area contributed by atoms with Gasteiger partial charge in [0, 0.05) is 40.2 Å². The van der Waals surface area contributed by atoms with Gasteiger partial charge in [0.15, 0.2) is 0 Å². The number of anilines is 1. The molecule has 2 N–H and O–H groups in total. The zero-order valence-electron chi connectivity index (χ0n) is 16.5. The Kier molecular flexibility index (Phi) is 5.29. The molecule has 0 aliphatic heterocycles. The lowest BCUT2D eigenvalue weighted by atomic mass is 9.96. The molecule has 2 aromatic carbocycles. The molecule has 0 saturated heterocycles. The third-order valence-electron chi connectivity index (χ3n) is 4.98. The number of nitrogens with one attached hydrogen (secondary N) is 2. The summed E-state index contributed by atoms with van der Waals surface area (Å²) >= 11 is 0. The predicted molar refractivity (Wildman–Crippen MR) is 115 cm³/mol. The maximum Gasteiger partial charge on any atom is 0.338 e. The van der Waals surface area contributed by atoms with Crippen molar-refractivity contribution in [2.45, 2.75) is 19.9 Å². The Bertz CT molecular complexity index is 1120. The number of aryl methyl sites for hydroxylation is 1. The van der Waals surface area contributed by atoms with E-state index in [4.69, 9.17) is 4.74 Å². The quantitative estimate of drug-likeness (QED) is 0.445. The summed E-state index contributed by atoms with van der Waals surface area (Å²) in [5, 5.41) is 4.81. The molecule has 1 atom stereocenters. The van der Waals surface area contributed by atoms with Crippen molar-refractivity contribution in [1.82, 2.24) is 9.97 Å². The summed E-state index contributed by atoms with van der Waals surface area (Å²) in [6, 6.07) is 19.7. The molecular formula is C24H23N3O2. The van der Waals surface area contributed by atoms with Crippen LogP contribution in [-0.4, -0.2) is 22.5 Å². The van der Waals surface area contributed by atoms with Crippen LogP contribution >= 0.6 is 0 Å². The second-order valence-corrected chi connectivity index (χ2v) is 6.86. The first-order valence-corrected chi connectivity index (χ1v) is 9.68. The number of rotatable bonds is 6. The normalized spacial score (nSPS) is 11.9. The van der Waals surface area contributed by atoms with Gasteiger partial charge in [-0.1, -0.05) is 18.2 Å². The van der Waals surface area contributed by atoms with Crippen LogP contribution in [0, 0.1) is 6.92 Å². The van der Waals surface area contributed by atoms with Gasteiger partial charge in [0.25, 0.3) is 0 Å². The van der Waals surface area contributed by atoms with Crippen molar-refractivity contribution in [1.29, 1.82) is 0 Å². The van der Waals surface area contributed by atoms with E-state index in [9.17, 15) is 4.79 Å². The summed E-state index contributed by atoms with van der Waals surface area (Å²) in [5.41, 5.74) is 6.00. The average Bonchev–Trinajstić information content (AvgIpc) is 3.09. The second-order valence-electron chi connectivity index (χ2n) is 6.86. The summed E-state index contributed by atoms with van der Waals surface area (Å²) in [5.74, 6) is -0.308. The van der Waals surface area contributed by atoms with Crippen LogP contribution in [0.15, 0.2) is 73.1 Å². The standard InChI is InChI=1S/C24H23N3O2/c1-3-29-24(28)18-8-10-19(11-9-18)27-23(17-12-14-25-15-13-17)22-16(2)26-21-7-5-4-6-20(21)22/h4-15,23,26-27H,3H2,1-2H3/t23-/m0/s1. The van der Waals surface area contributed by atoms with Gasteiger partial charge in [-0.15, -0.1) is 0 Å². The summed E-state index contributed by atoms with van der Waals surface area (Å²) < 4.78 is 5.07. The van der Waals surface area contributed by atoms with Crippen molar-refractivity contribution in [3.8, 4) is 0 Å². The molecule has 4 rings (SSSR count). The summed E-state index contributed by atoms with van der Waals surface area (Å²) in [6.45, 7) is 4.26. The minimum absolute atomic E-state index is 0.0670. The van der Waals surface area contributed by atoms with Crippen LogP contribution in [0.2, 0.25) is 0 Å². The Hall–Kier alpha value is -3.60. The second kappa shape index (κ2) is 8.19. The van der Waals surface area contributed by atoms with Crippen LogP contribution < -0.4 is 5.32 Å². The lowest BCUT2D eigenvalue weighted by molar-refractivity contribution is 0.0526. The number of aromatic nitrogens is 2. The maximum atomic E-state index is 11.9. The monoisotopic (exact) mass is 385 g/mol. The molecule has 146 valence electrons. The number of nitrogens with zero attached hydrogens (tertiary/aromatic N) is 1. The molecule has 0 saturated carbocycles. The molecule has 4 aromatic rings. The minimum Gasteiger partial charge on any atom is -0.462 e. The minimum atomic E-state index is -0.308. The summed E-state index contributed by atoms with van der Waals surface area (Å²) in [4.78, 5) is 19.6. The number of esters is 1. The van der Waals surface area contributed by atoms with Gasteiger partial charge in [0.1, 0.15) is 0 Å². The first-order valence-electron chi connectivity index (χ1n) is 9.68. The Balaban J connectivity index is 1.73. The molecule has 29 heavy (non-hydrogen) atoms. The smallest absolute Gasteiger partial charge is 0.338 e. The van der Waals surface area contributed by atoms with E-state index >= 15 is 0 Å². The highest BCUT2D eigenvalue weighted by atomic mass is 16.5. The Morgan fingerprint density at radius 2 is 1.79 bits per heavy atom. The van der Waals surface area contributed by atoms with Gasteiger partial charge < -0.3 is 15.0 Å². The number of fused-ring (bicyclic) bond motifs is 1. The topological polar surface area (TPSA) is 67.0 Å². The van der Waals surface area contributed by atoms with Crippen LogP contribution in [0.25, 0.3) is 10.9 Å². The number of pyridine rings is 1. The zero-order chi connectivity index (χ0) is 20.2. The van der Waals surface area contributed by atoms with E-state index in [1.54, 1.807) is 31.5 Å². The van der Waals surface area contributed by atoms with E-state index in [-0.39, 0.29) is 12.0 Å². The average molecular weight is 385 g/mol. The molecule has 0 fully saturated rings. The van der Waals surface area contributed by atoms with Crippen molar-refractivity contribution in [3.05, 3.63) is 95.4 Å². The van der Waals surface area contributed by atoms with Crippen LogP contribution in [0.1, 0.15) is 40.1 Å². The molecule has 2 aromatic heterocycles. The number of hydrogen-bond acceptors (Lipinski definition) is 4. The van der Waals surface area contributed by atoms with E-state index in [0.29, 0.717) is 12.2 Å². The van der Waals surface area contributed by atoms with Gasteiger partial charge in [-0.05, 0) is 61.9 Å². The molecule has 0 spiro atoms. The van der Waals surface area contributed by atoms with Crippen LogP contribution in [0.5, 0.6) is 0 Å². The fourth-order valence-corrected chi connectivity index (χ4v) is 3.63. The Morgan fingerprint density at radius 3 is 2.52 bits per heavy atom. The van der Waals surface area contributed by atoms with Crippen LogP contribution in [0.3, 0.4) is 0 Å². The van der Waals surface area contributed by atoms with Gasteiger partial charge in [0.2, 0.25) is 0 Å². The highest BCUT2D eigenvalue weighted by Gasteiger charge is 2.21. The fraction of sp³-hybridized carbons (Fsp3) is 0.167. The van der Waals surface area contributed by atoms with E-state index in [2.05, 4.69) is 40.4 Å². The first kappa shape index (κ1) is 18.7. The number of benzene rings is 2. The number of ether oxygens (including phenoxy) is 1. The largest absolute Gasteiger partial charge is 0.462 e. The van der Waals surface area contributed by atoms with Crippen molar-refractivity contribution in [3.63, 3.8) is 0 Å². The lowest BCUT2D eigenvalue weighted by Crippen LogP contribution is -2.13.